The summed E-state index contributed by atoms with van der Waals surface area (Å²) in [7, 11) is 1.92. The van der Waals surface area contributed by atoms with Crippen LogP contribution in [0.4, 0.5) is 0 Å². The van der Waals surface area contributed by atoms with E-state index in [2.05, 4.69) is 15.3 Å². The summed E-state index contributed by atoms with van der Waals surface area (Å²) in [6, 6.07) is 7.57. The SMILES string of the molecule is CNCc1ccc(Oc2cccnc2)nc1C. The Morgan fingerprint density at radius 1 is 1.29 bits per heavy atom. The number of hydrogen-bond donors (Lipinski definition) is 1. The Morgan fingerprint density at radius 2 is 2.18 bits per heavy atom. The fourth-order valence-corrected chi connectivity index (χ4v) is 1.53. The normalized spacial score (nSPS) is 10.2. The zero-order valence-electron chi connectivity index (χ0n) is 9.97. The van der Waals surface area contributed by atoms with Gasteiger partial charge in [-0.25, -0.2) is 4.98 Å². The summed E-state index contributed by atoms with van der Waals surface area (Å²) in [4.78, 5) is 8.38. The van der Waals surface area contributed by atoms with Crippen molar-refractivity contribution in [2.24, 2.45) is 0 Å². The van der Waals surface area contributed by atoms with Crippen LogP contribution in [0.5, 0.6) is 11.6 Å². The topological polar surface area (TPSA) is 47.0 Å². The fourth-order valence-electron chi connectivity index (χ4n) is 1.53. The number of aromatic nitrogens is 2. The van der Waals surface area contributed by atoms with Crippen molar-refractivity contribution in [1.29, 1.82) is 0 Å². The van der Waals surface area contributed by atoms with Gasteiger partial charge in [0.15, 0.2) is 0 Å². The van der Waals surface area contributed by atoms with Crippen molar-refractivity contribution in [2.75, 3.05) is 7.05 Å². The van der Waals surface area contributed by atoms with Gasteiger partial charge in [0.1, 0.15) is 5.75 Å². The Bertz CT molecular complexity index is 485. The largest absolute Gasteiger partial charge is 0.437 e. The van der Waals surface area contributed by atoms with Crippen LogP contribution in [0.3, 0.4) is 0 Å². The van der Waals surface area contributed by atoms with Crippen molar-refractivity contribution in [3.63, 3.8) is 0 Å². The quantitative estimate of drug-likeness (QED) is 0.873. The van der Waals surface area contributed by atoms with Gasteiger partial charge in [-0.3, -0.25) is 4.98 Å². The first kappa shape index (κ1) is 11.5. The van der Waals surface area contributed by atoms with E-state index in [1.807, 2.05) is 38.2 Å². The van der Waals surface area contributed by atoms with Crippen molar-refractivity contribution in [1.82, 2.24) is 15.3 Å². The minimum atomic E-state index is 0.593. The molecule has 0 saturated heterocycles. The molecule has 4 nitrogen and oxygen atoms in total. The third-order valence-corrected chi connectivity index (χ3v) is 2.39. The van der Waals surface area contributed by atoms with Crippen LogP contribution in [0.1, 0.15) is 11.3 Å². The highest BCUT2D eigenvalue weighted by atomic mass is 16.5. The summed E-state index contributed by atoms with van der Waals surface area (Å²) in [5, 5.41) is 3.10. The van der Waals surface area contributed by atoms with Gasteiger partial charge >= 0.3 is 0 Å². The third kappa shape index (κ3) is 3.01. The molecular formula is C13H15N3O. The molecule has 0 unspecified atom stereocenters. The first-order valence-electron chi connectivity index (χ1n) is 5.48. The number of rotatable bonds is 4. The van der Waals surface area contributed by atoms with E-state index in [0.717, 1.165) is 12.2 Å². The third-order valence-electron chi connectivity index (χ3n) is 2.39. The summed E-state index contributed by atoms with van der Waals surface area (Å²) in [5.74, 6) is 1.29. The van der Waals surface area contributed by atoms with Crippen molar-refractivity contribution in [3.8, 4) is 11.6 Å². The van der Waals surface area contributed by atoms with Crippen LogP contribution in [-0.4, -0.2) is 17.0 Å². The van der Waals surface area contributed by atoms with Crippen LogP contribution in [0.2, 0.25) is 0 Å². The molecule has 0 aliphatic rings. The summed E-state index contributed by atoms with van der Waals surface area (Å²) >= 11 is 0. The van der Waals surface area contributed by atoms with Crippen LogP contribution in [-0.2, 0) is 6.54 Å². The molecule has 0 bridgehead atoms. The van der Waals surface area contributed by atoms with E-state index >= 15 is 0 Å². The average molecular weight is 229 g/mol. The lowest BCUT2D eigenvalue weighted by Crippen LogP contribution is -2.07. The fraction of sp³-hybridized carbons (Fsp3) is 0.231. The van der Waals surface area contributed by atoms with E-state index in [1.165, 1.54) is 5.56 Å². The summed E-state index contributed by atoms with van der Waals surface area (Å²) in [5.41, 5.74) is 2.15. The molecule has 2 heterocycles. The number of nitrogens with zero attached hydrogens (tertiary/aromatic N) is 2. The molecule has 2 aromatic heterocycles. The lowest BCUT2D eigenvalue weighted by Gasteiger charge is -2.08. The van der Waals surface area contributed by atoms with Gasteiger partial charge in [0.2, 0.25) is 5.88 Å². The number of ether oxygens (including phenoxy) is 1. The van der Waals surface area contributed by atoms with Crippen LogP contribution >= 0.6 is 0 Å². The van der Waals surface area contributed by atoms with Gasteiger partial charge in [-0.1, -0.05) is 6.07 Å². The highest BCUT2D eigenvalue weighted by molar-refractivity contribution is 5.28. The number of nitrogens with one attached hydrogen (secondary N) is 1. The zero-order valence-corrected chi connectivity index (χ0v) is 9.97. The molecule has 0 aliphatic heterocycles. The molecule has 4 heteroatoms. The molecule has 2 aromatic rings. The maximum Gasteiger partial charge on any atom is 0.219 e. The summed E-state index contributed by atoms with van der Waals surface area (Å²) in [6.07, 6.45) is 3.38. The smallest absolute Gasteiger partial charge is 0.219 e. The van der Waals surface area contributed by atoms with E-state index in [0.29, 0.717) is 11.6 Å². The van der Waals surface area contributed by atoms with E-state index in [-0.39, 0.29) is 0 Å². The minimum Gasteiger partial charge on any atom is -0.437 e. The second kappa shape index (κ2) is 5.41. The van der Waals surface area contributed by atoms with Crippen LogP contribution in [0, 0.1) is 6.92 Å². The van der Waals surface area contributed by atoms with Gasteiger partial charge in [0.25, 0.3) is 0 Å². The maximum absolute atomic E-state index is 5.60. The molecule has 1 N–H and O–H groups in total. The number of pyridine rings is 2. The van der Waals surface area contributed by atoms with E-state index in [9.17, 15) is 0 Å². The van der Waals surface area contributed by atoms with E-state index in [4.69, 9.17) is 4.74 Å². The number of aryl methyl sites for hydroxylation is 1. The minimum absolute atomic E-state index is 0.593. The van der Waals surface area contributed by atoms with Gasteiger partial charge in [0, 0.05) is 24.5 Å². The van der Waals surface area contributed by atoms with Crippen molar-refractivity contribution in [3.05, 3.63) is 47.9 Å². The Labute approximate surface area is 101 Å². The molecule has 0 aromatic carbocycles. The zero-order chi connectivity index (χ0) is 12.1. The van der Waals surface area contributed by atoms with Crippen molar-refractivity contribution >= 4 is 0 Å². The molecule has 0 amide bonds. The second-order valence-electron chi connectivity index (χ2n) is 3.72. The van der Waals surface area contributed by atoms with E-state index in [1.54, 1.807) is 12.4 Å². The Balaban J connectivity index is 2.15. The molecule has 0 atom stereocenters. The Kier molecular flexibility index (Phi) is 3.67. The van der Waals surface area contributed by atoms with Gasteiger partial charge in [-0.05, 0) is 31.7 Å². The second-order valence-corrected chi connectivity index (χ2v) is 3.72. The maximum atomic E-state index is 5.60. The molecule has 17 heavy (non-hydrogen) atoms. The summed E-state index contributed by atoms with van der Waals surface area (Å²) < 4.78 is 5.60. The average Bonchev–Trinajstić information content (AvgIpc) is 2.34. The Morgan fingerprint density at radius 3 is 2.82 bits per heavy atom. The lowest BCUT2D eigenvalue weighted by atomic mass is 10.2. The predicted octanol–water partition coefficient (Wildman–Crippen LogP) is 2.30. The summed E-state index contributed by atoms with van der Waals surface area (Å²) in [6.45, 7) is 2.79. The monoisotopic (exact) mass is 229 g/mol. The number of hydrogen-bond acceptors (Lipinski definition) is 4. The van der Waals surface area contributed by atoms with Crippen LogP contribution in [0.15, 0.2) is 36.7 Å². The molecule has 0 saturated carbocycles. The molecule has 0 fully saturated rings. The van der Waals surface area contributed by atoms with Crippen LogP contribution in [0.25, 0.3) is 0 Å². The van der Waals surface area contributed by atoms with E-state index < -0.39 is 0 Å². The van der Waals surface area contributed by atoms with Gasteiger partial charge in [-0.15, -0.1) is 0 Å². The van der Waals surface area contributed by atoms with Gasteiger partial charge < -0.3 is 10.1 Å². The predicted molar refractivity (Wildman–Crippen MR) is 66.0 cm³/mol. The lowest BCUT2D eigenvalue weighted by molar-refractivity contribution is 0.459. The molecule has 88 valence electrons. The van der Waals surface area contributed by atoms with Gasteiger partial charge in [-0.2, -0.15) is 0 Å². The van der Waals surface area contributed by atoms with Crippen molar-refractivity contribution in [2.45, 2.75) is 13.5 Å². The highest BCUT2D eigenvalue weighted by Crippen LogP contribution is 2.19. The molecule has 0 spiro atoms. The molecule has 0 aliphatic carbocycles. The van der Waals surface area contributed by atoms with Gasteiger partial charge in [0.05, 0.1) is 6.20 Å². The Hall–Kier alpha value is -1.94. The molecule has 2 rings (SSSR count). The highest BCUT2D eigenvalue weighted by Gasteiger charge is 2.03. The van der Waals surface area contributed by atoms with Crippen molar-refractivity contribution < 1.29 is 4.74 Å². The molecular weight excluding hydrogens is 214 g/mol. The standard InChI is InChI=1S/C13H15N3O/c1-10-11(8-14-2)5-6-13(16-10)17-12-4-3-7-15-9-12/h3-7,9,14H,8H2,1-2H3. The first-order chi connectivity index (χ1) is 8.29. The molecule has 0 radical (unpaired) electrons. The van der Waals surface area contributed by atoms with Crippen LogP contribution < -0.4 is 10.1 Å². The first-order valence-corrected chi connectivity index (χ1v) is 5.48.